The molecular weight excluding hydrogens is 172 g/mol. The summed E-state index contributed by atoms with van der Waals surface area (Å²) in [6, 6.07) is 6.75. The third kappa shape index (κ3) is 2.69. The molecule has 1 rings (SSSR count). The summed E-state index contributed by atoms with van der Waals surface area (Å²) in [6.07, 6.45) is 1.53. The van der Waals surface area contributed by atoms with Gasteiger partial charge in [-0.2, -0.15) is 0 Å². The van der Waals surface area contributed by atoms with Gasteiger partial charge in [-0.25, -0.2) is 0 Å². The van der Waals surface area contributed by atoms with E-state index in [1.807, 2.05) is 6.07 Å². The molecule has 12 heavy (non-hydrogen) atoms. The number of benzene rings is 1. The molecule has 1 aromatic carbocycles. The van der Waals surface area contributed by atoms with Crippen molar-refractivity contribution in [3.05, 3.63) is 41.4 Å². The molecule has 0 amide bonds. The minimum atomic E-state index is 0.219. The van der Waals surface area contributed by atoms with Crippen LogP contribution >= 0.6 is 11.6 Å². The summed E-state index contributed by atoms with van der Waals surface area (Å²) < 4.78 is 0. The van der Waals surface area contributed by atoms with Gasteiger partial charge in [0.15, 0.2) is 0 Å². The summed E-state index contributed by atoms with van der Waals surface area (Å²) in [5.41, 5.74) is 2.11. The first kappa shape index (κ1) is 8.70. The van der Waals surface area contributed by atoms with Gasteiger partial charge in [0, 0.05) is 11.1 Å². The Labute approximate surface area is 76.3 Å². The van der Waals surface area contributed by atoms with Gasteiger partial charge in [0.1, 0.15) is 5.75 Å². The molecule has 1 nitrogen and oxygen atoms in total. The zero-order valence-electron chi connectivity index (χ0n) is 6.29. The maximum Gasteiger partial charge on any atom is 0.116 e. The van der Waals surface area contributed by atoms with Crippen LogP contribution in [0.15, 0.2) is 35.9 Å². The molecule has 0 radical (unpaired) electrons. The normalized spacial score (nSPS) is 9.42. The van der Waals surface area contributed by atoms with Crippen molar-refractivity contribution in [2.45, 2.75) is 0 Å². The Morgan fingerprint density at radius 3 is 2.92 bits per heavy atom. The molecule has 0 unspecified atom stereocenters. The van der Waals surface area contributed by atoms with Crippen LogP contribution in [-0.2, 0) is 0 Å². The molecule has 60 valence electrons. The van der Waals surface area contributed by atoms with Crippen LogP contribution in [0.25, 0.3) is 0 Å². The quantitative estimate of drug-likeness (QED) is 0.606. The number of aromatic hydroxyl groups is 1. The number of hydrogen-bond donors (Lipinski definition) is 1. The Balaban J connectivity index is 2.85. The lowest BCUT2D eigenvalue weighted by Gasteiger charge is -1.90. The van der Waals surface area contributed by atoms with E-state index in [2.05, 4.69) is 11.8 Å². The van der Waals surface area contributed by atoms with Gasteiger partial charge in [0.05, 0.1) is 0 Å². The Kier molecular flexibility index (Phi) is 3.25. The molecule has 0 aliphatic heterocycles. The molecule has 0 heterocycles. The van der Waals surface area contributed by atoms with Crippen molar-refractivity contribution >= 4 is 11.6 Å². The first-order chi connectivity index (χ1) is 5.83. The molecule has 1 N–H and O–H groups in total. The van der Waals surface area contributed by atoms with Crippen LogP contribution < -0.4 is 0 Å². The lowest BCUT2D eigenvalue weighted by atomic mass is 10.2. The second kappa shape index (κ2) is 4.48. The fraction of sp³-hybridized carbons (Fsp3) is 0. The van der Waals surface area contributed by atoms with Crippen LogP contribution in [0.3, 0.4) is 0 Å². The number of allylic oxidation sites excluding steroid dienone is 1. The van der Waals surface area contributed by atoms with Crippen molar-refractivity contribution in [2.75, 3.05) is 0 Å². The standard InChI is InChI=1S/C10H7ClO/c11-7-2-1-4-9-5-3-6-10(12)8-9/h2-3,5-8,12H/b7-2+. The van der Waals surface area contributed by atoms with E-state index in [-0.39, 0.29) is 5.75 Å². The molecule has 0 fully saturated rings. The summed E-state index contributed by atoms with van der Waals surface area (Å²) in [5, 5.41) is 9.06. The number of hydrogen-bond acceptors (Lipinski definition) is 1. The van der Waals surface area contributed by atoms with Crippen molar-refractivity contribution in [2.24, 2.45) is 0 Å². The Bertz CT molecular complexity index is 344. The Morgan fingerprint density at radius 1 is 1.42 bits per heavy atom. The highest BCUT2D eigenvalue weighted by Gasteiger charge is 1.87. The summed E-state index contributed by atoms with van der Waals surface area (Å²) in [4.78, 5) is 0. The molecule has 1 aromatic rings. The molecule has 0 aliphatic carbocycles. The largest absolute Gasteiger partial charge is 0.508 e. The van der Waals surface area contributed by atoms with Gasteiger partial charge >= 0.3 is 0 Å². The topological polar surface area (TPSA) is 20.2 Å². The van der Waals surface area contributed by atoms with E-state index in [0.717, 1.165) is 5.56 Å². The SMILES string of the molecule is Oc1cccc(C#C/C=C/Cl)c1. The summed E-state index contributed by atoms with van der Waals surface area (Å²) in [6.45, 7) is 0. The Morgan fingerprint density at radius 2 is 2.25 bits per heavy atom. The van der Waals surface area contributed by atoms with Crippen molar-refractivity contribution in [1.29, 1.82) is 0 Å². The molecule has 0 aromatic heterocycles. The van der Waals surface area contributed by atoms with Gasteiger partial charge < -0.3 is 5.11 Å². The first-order valence-electron chi connectivity index (χ1n) is 3.39. The Hall–Kier alpha value is -1.39. The van der Waals surface area contributed by atoms with Crippen LogP contribution in [0.5, 0.6) is 5.75 Å². The van der Waals surface area contributed by atoms with Crippen molar-refractivity contribution < 1.29 is 5.11 Å². The minimum absolute atomic E-state index is 0.219. The van der Waals surface area contributed by atoms with Gasteiger partial charge in [-0.3, -0.25) is 0 Å². The average Bonchev–Trinajstić information content (AvgIpc) is 2.05. The summed E-state index contributed by atoms with van der Waals surface area (Å²) in [5.74, 6) is 5.73. The highest BCUT2D eigenvalue weighted by molar-refractivity contribution is 6.25. The van der Waals surface area contributed by atoms with E-state index in [1.54, 1.807) is 18.2 Å². The second-order valence-corrected chi connectivity index (χ2v) is 2.36. The minimum Gasteiger partial charge on any atom is -0.508 e. The lowest BCUT2D eigenvalue weighted by molar-refractivity contribution is 0.475. The smallest absolute Gasteiger partial charge is 0.116 e. The summed E-state index contributed by atoms with van der Waals surface area (Å²) in [7, 11) is 0. The van der Waals surface area contributed by atoms with E-state index in [1.165, 1.54) is 11.6 Å². The average molecular weight is 179 g/mol. The van der Waals surface area contributed by atoms with Crippen molar-refractivity contribution in [1.82, 2.24) is 0 Å². The van der Waals surface area contributed by atoms with Crippen LogP contribution in [0.1, 0.15) is 5.56 Å². The third-order valence-electron chi connectivity index (χ3n) is 1.21. The van der Waals surface area contributed by atoms with E-state index >= 15 is 0 Å². The molecule has 0 saturated heterocycles. The second-order valence-electron chi connectivity index (χ2n) is 2.11. The van der Waals surface area contributed by atoms with E-state index in [4.69, 9.17) is 16.7 Å². The van der Waals surface area contributed by atoms with Crippen LogP contribution in [0.2, 0.25) is 0 Å². The molecule has 0 saturated carbocycles. The molecular formula is C10H7ClO. The van der Waals surface area contributed by atoms with Crippen molar-refractivity contribution in [3.63, 3.8) is 0 Å². The van der Waals surface area contributed by atoms with E-state index < -0.39 is 0 Å². The van der Waals surface area contributed by atoms with E-state index in [0.29, 0.717) is 0 Å². The third-order valence-corrected chi connectivity index (χ3v) is 1.33. The van der Waals surface area contributed by atoms with Gasteiger partial charge in [0.2, 0.25) is 0 Å². The predicted molar refractivity (Wildman–Crippen MR) is 50.0 cm³/mol. The fourth-order valence-electron chi connectivity index (χ4n) is 0.740. The number of rotatable bonds is 0. The molecule has 0 atom stereocenters. The first-order valence-corrected chi connectivity index (χ1v) is 3.82. The van der Waals surface area contributed by atoms with E-state index in [9.17, 15) is 0 Å². The van der Waals surface area contributed by atoms with Crippen molar-refractivity contribution in [3.8, 4) is 17.6 Å². The zero-order valence-corrected chi connectivity index (χ0v) is 7.05. The van der Waals surface area contributed by atoms with Crippen LogP contribution in [0.4, 0.5) is 0 Å². The van der Waals surface area contributed by atoms with Gasteiger partial charge in [0.25, 0.3) is 0 Å². The monoisotopic (exact) mass is 178 g/mol. The lowest BCUT2D eigenvalue weighted by Crippen LogP contribution is -1.71. The number of halogens is 1. The van der Waals surface area contributed by atoms with Gasteiger partial charge in [-0.15, -0.1) is 0 Å². The number of phenols is 1. The maximum atomic E-state index is 9.06. The zero-order chi connectivity index (χ0) is 8.81. The fourth-order valence-corrected chi connectivity index (χ4v) is 0.803. The predicted octanol–water partition coefficient (Wildman–Crippen LogP) is 2.50. The molecule has 0 spiro atoms. The highest BCUT2D eigenvalue weighted by Crippen LogP contribution is 2.09. The summed E-state index contributed by atoms with van der Waals surface area (Å²) >= 11 is 5.27. The molecule has 2 heteroatoms. The maximum absolute atomic E-state index is 9.06. The van der Waals surface area contributed by atoms with Crippen LogP contribution in [-0.4, -0.2) is 5.11 Å². The van der Waals surface area contributed by atoms with Gasteiger partial charge in [-0.1, -0.05) is 29.5 Å². The molecule has 0 bridgehead atoms. The number of phenolic OH excluding ortho intramolecular Hbond substituents is 1. The molecule has 0 aliphatic rings. The van der Waals surface area contributed by atoms with Gasteiger partial charge in [-0.05, 0) is 24.3 Å². The highest BCUT2D eigenvalue weighted by atomic mass is 35.5. The van der Waals surface area contributed by atoms with Crippen LogP contribution in [0, 0.1) is 11.8 Å².